The molecule has 19 heavy (non-hydrogen) atoms. The van der Waals surface area contributed by atoms with Crippen LogP contribution in [-0.2, 0) is 4.79 Å². The third-order valence-corrected chi connectivity index (χ3v) is 4.87. The van der Waals surface area contributed by atoms with Gasteiger partial charge in [-0.3, -0.25) is 14.9 Å². The number of carbonyl (C=O) groups is 1. The Labute approximate surface area is 113 Å². The number of rotatable bonds is 6. The van der Waals surface area contributed by atoms with Crippen molar-refractivity contribution in [1.29, 1.82) is 0 Å². The summed E-state index contributed by atoms with van der Waals surface area (Å²) < 4.78 is 0. The third kappa shape index (κ3) is 2.40. The van der Waals surface area contributed by atoms with Gasteiger partial charge in [-0.05, 0) is 25.7 Å². The molecule has 5 heteroatoms. The summed E-state index contributed by atoms with van der Waals surface area (Å²) in [6.45, 7) is 2.12. The van der Waals surface area contributed by atoms with E-state index in [-0.39, 0.29) is 24.0 Å². The Morgan fingerprint density at radius 1 is 1.42 bits per heavy atom. The molecule has 0 unspecified atom stereocenters. The zero-order valence-electron chi connectivity index (χ0n) is 11.5. The fraction of sp³-hybridized carbons (Fsp3) is 0.929. The highest BCUT2D eigenvalue weighted by molar-refractivity contribution is 5.93. The monoisotopic (exact) mass is 269 g/mol. The van der Waals surface area contributed by atoms with Crippen molar-refractivity contribution >= 4 is 5.78 Å². The minimum absolute atomic E-state index is 0.258. The molecule has 2 bridgehead atoms. The summed E-state index contributed by atoms with van der Waals surface area (Å²) in [4.78, 5) is 23.0. The molecule has 2 aliphatic carbocycles. The molecule has 108 valence electrons. The summed E-state index contributed by atoms with van der Waals surface area (Å²) in [5.74, 6) is -0.802. The van der Waals surface area contributed by atoms with Crippen molar-refractivity contribution < 1.29 is 14.8 Å². The number of nitro groups is 1. The zero-order valence-corrected chi connectivity index (χ0v) is 11.5. The van der Waals surface area contributed by atoms with Crippen LogP contribution in [0.1, 0.15) is 58.3 Å². The third-order valence-electron chi connectivity index (χ3n) is 4.87. The van der Waals surface area contributed by atoms with Gasteiger partial charge in [0.2, 0.25) is 0 Å². The molecule has 1 N–H and O–H groups in total. The Bertz CT molecular complexity index is 370. The minimum Gasteiger partial charge on any atom is -0.376 e. The molecule has 2 fully saturated rings. The van der Waals surface area contributed by atoms with Crippen LogP contribution in [0.3, 0.4) is 0 Å². The Morgan fingerprint density at radius 3 is 2.79 bits per heavy atom. The number of hydrogen-bond donors (Lipinski definition) is 1. The molecule has 0 aromatic heterocycles. The van der Waals surface area contributed by atoms with Gasteiger partial charge in [0.05, 0.1) is 0 Å². The number of Topliss-reactive ketones (excluding diaryl/α,β-unsaturated/α-hetero) is 1. The fourth-order valence-corrected chi connectivity index (χ4v) is 3.94. The van der Waals surface area contributed by atoms with Crippen molar-refractivity contribution in [2.24, 2.45) is 11.8 Å². The first kappa shape index (κ1) is 14.4. The molecular weight excluding hydrogens is 246 g/mol. The van der Waals surface area contributed by atoms with Gasteiger partial charge in [-0.1, -0.05) is 32.6 Å². The van der Waals surface area contributed by atoms with Crippen molar-refractivity contribution in [3.05, 3.63) is 10.1 Å². The molecule has 0 radical (unpaired) electrons. The predicted octanol–water partition coefficient (Wildman–Crippen LogP) is 2.33. The highest BCUT2D eigenvalue weighted by Gasteiger charge is 2.66. The molecule has 0 saturated heterocycles. The standard InChI is InChI=1S/C14H23NO4/c1-2-3-4-5-7-10-11-8-6-9-14(17,13(11)16)12(10)15(18)19/h10-12,17H,2-9H2,1H3/t10-,11-,12+,14-/m1/s1. The molecule has 2 aliphatic rings. The highest BCUT2D eigenvalue weighted by Crippen LogP contribution is 2.49. The van der Waals surface area contributed by atoms with Crippen molar-refractivity contribution in [3.63, 3.8) is 0 Å². The van der Waals surface area contributed by atoms with Gasteiger partial charge in [0, 0.05) is 16.8 Å². The lowest BCUT2D eigenvalue weighted by Gasteiger charge is -2.25. The number of hydrogen-bond acceptors (Lipinski definition) is 4. The normalized spacial score (nSPS) is 37.6. The minimum atomic E-state index is -1.68. The van der Waals surface area contributed by atoms with Crippen LogP contribution >= 0.6 is 0 Å². The van der Waals surface area contributed by atoms with E-state index >= 15 is 0 Å². The topological polar surface area (TPSA) is 80.4 Å². The molecule has 0 aromatic rings. The lowest BCUT2D eigenvalue weighted by atomic mass is 9.82. The lowest BCUT2D eigenvalue weighted by Crippen LogP contribution is -2.50. The van der Waals surface area contributed by atoms with Crippen LogP contribution in [0.4, 0.5) is 0 Å². The van der Waals surface area contributed by atoms with E-state index in [0.717, 1.165) is 32.1 Å². The summed E-state index contributed by atoms with van der Waals surface area (Å²) in [5, 5.41) is 21.7. The van der Waals surface area contributed by atoms with Gasteiger partial charge in [-0.25, -0.2) is 0 Å². The van der Waals surface area contributed by atoms with Gasteiger partial charge in [0.15, 0.2) is 11.4 Å². The summed E-state index contributed by atoms with van der Waals surface area (Å²) >= 11 is 0. The van der Waals surface area contributed by atoms with Gasteiger partial charge in [-0.2, -0.15) is 0 Å². The molecular formula is C14H23NO4. The Kier molecular flexibility index (Phi) is 4.23. The Hall–Kier alpha value is -0.970. The van der Waals surface area contributed by atoms with Crippen LogP contribution < -0.4 is 0 Å². The van der Waals surface area contributed by atoms with Crippen LogP contribution in [0.15, 0.2) is 0 Å². The maximum atomic E-state index is 12.2. The van der Waals surface area contributed by atoms with E-state index in [1.165, 1.54) is 0 Å². The van der Waals surface area contributed by atoms with E-state index in [9.17, 15) is 20.0 Å². The Morgan fingerprint density at radius 2 is 2.16 bits per heavy atom. The zero-order chi connectivity index (χ0) is 14.0. The molecule has 4 atom stereocenters. The summed E-state index contributed by atoms with van der Waals surface area (Å²) in [5.41, 5.74) is -1.68. The summed E-state index contributed by atoms with van der Waals surface area (Å²) in [6.07, 6.45) is 6.62. The van der Waals surface area contributed by atoms with E-state index in [4.69, 9.17) is 0 Å². The first-order valence-corrected chi connectivity index (χ1v) is 7.42. The maximum Gasteiger partial charge on any atom is 0.251 e. The predicted molar refractivity (Wildman–Crippen MR) is 70.3 cm³/mol. The van der Waals surface area contributed by atoms with Gasteiger partial charge in [0.1, 0.15) is 0 Å². The van der Waals surface area contributed by atoms with Gasteiger partial charge < -0.3 is 5.11 Å². The number of aliphatic hydroxyl groups is 1. The number of nitrogens with zero attached hydrogens (tertiary/aromatic N) is 1. The first-order valence-electron chi connectivity index (χ1n) is 7.42. The number of ketones is 1. The SMILES string of the molecule is CCCCCC[C@H]1[C@H]([N+](=O)[O-])[C@]2(O)CCC[C@H]1C2=O. The average molecular weight is 269 g/mol. The molecule has 5 nitrogen and oxygen atoms in total. The number of carbonyl (C=O) groups excluding carboxylic acids is 1. The Balaban J connectivity index is 2.11. The van der Waals surface area contributed by atoms with Gasteiger partial charge >= 0.3 is 0 Å². The van der Waals surface area contributed by atoms with E-state index in [0.29, 0.717) is 12.8 Å². The fourth-order valence-electron chi connectivity index (χ4n) is 3.94. The summed E-state index contributed by atoms with van der Waals surface area (Å²) in [6, 6.07) is -1.07. The molecule has 2 rings (SSSR count). The molecule has 0 aromatic carbocycles. The second-order valence-electron chi connectivity index (χ2n) is 6.03. The highest BCUT2D eigenvalue weighted by atomic mass is 16.6. The molecule has 2 saturated carbocycles. The average Bonchev–Trinajstić information content (AvgIpc) is 2.48. The second-order valence-corrected chi connectivity index (χ2v) is 6.03. The van der Waals surface area contributed by atoms with Gasteiger partial charge in [0.25, 0.3) is 6.04 Å². The first-order chi connectivity index (χ1) is 9.02. The largest absolute Gasteiger partial charge is 0.376 e. The van der Waals surface area contributed by atoms with Crippen LogP contribution in [0.5, 0.6) is 0 Å². The quantitative estimate of drug-likeness (QED) is 0.456. The molecule has 0 aliphatic heterocycles. The van der Waals surface area contributed by atoms with Crippen molar-refractivity contribution in [3.8, 4) is 0 Å². The van der Waals surface area contributed by atoms with E-state index in [2.05, 4.69) is 6.92 Å². The van der Waals surface area contributed by atoms with Crippen LogP contribution in [0, 0.1) is 22.0 Å². The van der Waals surface area contributed by atoms with Crippen LogP contribution in [-0.4, -0.2) is 27.5 Å². The van der Waals surface area contributed by atoms with Crippen molar-refractivity contribution in [2.45, 2.75) is 69.9 Å². The molecule has 0 amide bonds. The van der Waals surface area contributed by atoms with E-state index < -0.39 is 16.6 Å². The van der Waals surface area contributed by atoms with Crippen LogP contribution in [0.2, 0.25) is 0 Å². The number of unbranched alkanes of at least 4 members (excludes halogenated alkanes) is 3. The maximum absolute atomic E-state index is 12.2. The van der Waals surface area contributed by atoms with Gasteiger partial charge in [-0.15, -0.1) is 0 Å². The smallest absolute Gasteiger partial charge is 0.251 e. The van der Waals surface area contributed by atoms with Crippen LogP contribution in [0.25, 0.3) is 0 Å². The van der Waals surface area contributed by atoms with Crippen molar-refractivity contribution in [2.75, 3.05) is 0 Å². The van der Waals surface area contributed by atoms with E-state index in [1.807, 2.05) is 0 Å². The second kappa shape index (κ2) is 5.57. The summed E-state index contributed by atoms with van der Waals surface area (Å²) in [7, 11) is 0. The lowest BCUT2D eigenvalue weighted by molar-refractivity contribution is -0.547. The molecule has 0 heterocycles. The molecule has 0 spiro atoms. The van der Waals surface area contributed by atoms with E-state index in [1.54, 1.807) is 0 Å². The van der Waals surface area contributed by atoms with Crippen molar-refractivity contribution in [1.82, 2.24) is 0 Å². The number of fused-ring (bicyclic) bond motifs is 2.